The van der Waals surface area contributed by atoms with E-state index in [2.05, 4.69) is 10.1 Å². The summed E-state index contributed by atoms with van der Waals surface area (Å²) in [6.45, 7) is 3.99. The van der Waals surface area contributed by atoms with Crippen LogP contribution in [0.4, 0.5) is 4.79 Å². The Morgan fingerprint density at radius 2 is 2.33 bits per heavy atom. The summed E-state index contributed by atoms with van der Waals surface area (Å²) in [5.74, 6) is 0.0417. The Balaban J connectivity index is 2.51. The first-order valence-corrected chi connectivity index (χ1v) is 4.08. The van der Waals surface area contributed by atoms with Gasteiger partial charge in [-0.15, -0.1) is 0 Å². The molecule has 68 valence electrons. The van der Waals surface area contributed by atoms with E-state index in [1.54, 1.807) is 0 Å². The summed E-state index contributed by atoms with van der Waals surface area (Å²) in [6.07, 6.45) is 0.100. The fraction of sp³-hybridized carbons (Fsp3) is 0.750. The summed E-state index contributed by atoms with van der Waals surface area (Å²) in [4.78, 5) is 22.1. The van der Waals surface area contributed by atoms with Crippen LogP contribution in [0, 0.1) is 5.92 Å². The van der Waals surface area contributed by atoms with Crippen LogP contribution >= 0.6 is 0 Å². The topological polar surface area (TPSA) is 55.4 Å². The minimum atomic E-state index is -0.486. The standard InChI is InChI=1S/C8H13NO3/c1-5(2)7(10)6-3-4-12-8(11)9-6/h5-6H,3-4H2,1-2H3,(H,9,11)/t6-/m0/s1. The van der Waals surface area contributed by atoms with Crippen LogP contribution in [0.5, 0.6) is 0 Å². The first kappa shape index (κ1) is 9.03. The lowest BCUT2D eigenvalue weighted by atomic mass is 9.99. The Kier molecular flexibility index (Phi) is 2.68. The molecule has 0 aromatic heterocycles. The molecule has 0 aliphatic carbocycles. The summed E-state index contributed by atoms with van der Waals surface area (Å²) < 4.78 is 4.64. The molecule has 0 aromatic carbocycles. The Labute approximate surface area is 71.3 Å². The zero-order valence-corrected chi connectivity index (χ0v) is 7.29. The van der Waals surface area contributed by atoms with Gasteiger partial charge < -0.3 is 10.1 Å². The van der Waals surface area contributed by atoms with Crippen LogP contribution in [-0.4, -0.2) is 24.5 Å². The van der Waals surface area contributed by atoms with Crippen molar-refractivity contribution in [1.29, 1.82) is 0 Å². The highest BCUT2D eigenvalue weighted by Crippen LogP contribution is 2.07. The maximum atomic E-state index is 11.4. The van der Waals surface area contributed by atoms with E-state index in [0.717, 1.165) is 0 Å². The lowest BCUT2D eigenvalue weighted by Gasteiger charge is -2.23. The second kappa shape index (κ2) is 3.56. The van der Waals surface area contributed by atoms with Gasteiger partial charge in [0.05, 0.1) is 12.6 Å². The summed E-state index contributed by atoms with van der Waals surface area (Å²) in [5.41, 5.74) is 0. The number of ether oxygens (including phenoxy) is 1. The molecule has 4 nitrogen and oxygen atoms in total. The van der Waals surface area contributed by atoms with E-state index in [1.807, 2.05) is 13.8 Å². The molecule has 0 saturated carbocycles. The number of ketones is 1. The van der Waals surface area contributed by atoms with Crippen molar-refractivity contribution in [2.45, 2.75) is 26.3 Å². The van der Waals surface area contributed by atoms with Gasteiger partial charge in [0.2, 0.25) is 0 Å². The Morgan fingerprint density at radius 1 is 1.67 bits per heavy atom. The molecule has 1 heterocycles. The molecule has 4 heteroatoms. The summed E-state index contributed by atoms with van der Waals surface area (Å²) >= 11 is 0. The van der Waals surface area contributed by atoms with Gasteiger partial charge in [-0.3, -0.25) is 4.79 Å². The number of cyclic esters (lactones) is 1. The van der Waals surface area contributed by atoms with Crippen LogP contribution in [0.3, 0.4) is 0 Å². The Morgan fingerprint density at radius 3 is 2.83 bits per heavy atom. The van der Waals surface area contributed by atoms with Gasteiger partial charge in [-0.05, 0) is 0 Å². The number of hydrogen-bond acceptors (Lipinski definition) is 3. The summed E-state index contributed by atoms with van der Waals surface area (Å²) in [5, 5.41) is 2.49. The molecule has 1 fully saturated rings. The average Bonchev–Trinajstić information content (AvgIpc) is 2.03. The zero-order valence-electron chi connectivity index (χ0n) is 7.29. The molecule has 1 aliphatic heterocycles. The van der Waals surface area contributed by atoms with Crippen molar-refractivity contribution >= 4 is 11.9 Å². The number of carbonyl (C=O) groups excluding carboxylic acids is 2. The van der Waals surface area contributed by atoms with Gasteiger partial charge >= 0.3 is 6.09 Å². The van der Waals surface area contributed by atoms with Crippen molar-refractivity contribution < 1.29 is 14.3 Å². The molecule has 1 aliphatic rings. The van der Waals surface area contributed by atoms with Crippen molar-refractivity contribution in [1.82, 2.24) is 5.32 Å². The predicted molar refractivity (Wildman–Crippen MR) is 42.7 cm³/mol. The SMILES string of the molecule is CC(C)C(=O)[C@@H]1CCOC(=O)N1. The van der Waals surface area contributed by atoms with Crippen LogP contribution < -0.4 is 5.32 Å². The highest BCUT2D eigenvalue weighted by Gasteiger charge is 2.26. The largest absolute Gasteiger partial charge is 0.449 e. The smallest absolute Gasteiger partial charge is 0.407 e. The number of rotatable bonds is 2. The van der Waals surface area contributed by atoms with Crippen molar-refractivity contribution in [2.24, 2.45) is 5.92 Å². The van der Waals surface area contributed by atoms with Gasteiger partial charge in [-0.25, -0.2) is 4.79 Å². The first-order valence-electron chi connectivity index (χ1n) is 4.08. The minimum Gasteiger partial charge on any atom is -0.449 e. The molecule has 0 spiro atoms. The van der Waals surface area contributed by atoms with E-state index in [-0.39, 0.29) is 17.7 Å². The van der Waals surface area contributed by atoms with E-state index < -0.39 is 6.09 Å². The van der Waals surface area contributed by atoms with Crippen LogP contribution in [0.2, 0.25) is 0 Å². The highest BCUT2D eigenvalue weighted by atomic mass is 16.5. The molecule has 1 amide bonds. The molecule has 1 saturated heterocycles. The fourth-order valence-corrected chi connectivity index (χ4v) is 1.14. The van der Waals surface area contributed by atoms with E-state index in [0.29, 0.717) is 13.0 Å². The number of hydrogen-bond donors (Lipinski definition) is 1. The third-order valence-electron chi connectivity index (χ3n) is 1.84. The quantitative estimate of drug-likeness (QED) is 0.665. The van der Waals surface area contributed by atoms with Gasteiger partial charge in [0.25, 0.3) is 0 Å². The lowest BCUT2D eigenvalue weighted by molar-refractivity contribution is -0.124. The normalized spacial score (nSPS) is 23.2. The monoisotopic (exact) mass is 171 g/mol. The molecule has 0 unspecified atom stereocenters. The Hall–Kier alpha value is -1.06. The van der Waals surface area contributed by atoms with Crippen molar-refractivity contribution in [3.05, 3.63) is 0 Å². The van der Waals surface area contributed by atoms with Crippen LogP contribution in [0.25, 0.3) is 0 Å². The van der Waals surface area contributed by atoms with E-state index in [4.69, 9.17) is 0 Å². The van der Waals surface area contributed by atoms with Gasteiger partial charge in [-0.1, -0.05) is 13.8 Å². The lowest BCUT2D eigenvalue weighted by Crippen LogP contribution is -2.47. The van der Waals surface area contributed by atoms with E-state index in [9.17, 15) is 9.59 Å². The number of Topliss-reactive ketones (excluding diaryl/α,β-unsaturated/α-hetero) is 1. The van der Waals surface area contributed by atoms with E-state index in [1.165, 1.54) is 0 Å². The molecule has 12 heavy (non-hydrogen) atoms. The van der Waals surface area contributed by atoms with Crippen molar-refractivity contribution in [2.75, 3.05) is 6.61 Å². The van der Waals surface area contributed by atoms with Gasteiger partial charge in [0.1, 0.15) is 0 Å². The van der Waals surface area contributed by atoms with Crippen molar-refractivity contribution in [3.8, 4) is 0 Å². The number of alkyl carbamates (subject to hydrolysis) is 1. The predicted octanol–water partition coefficient (Wildman–Crippen LogP) is 0.710. The maximum absolute atomic E-state index is 11.4. The minimum absolute atomic E-state index is 0.0339. The third kappa shape index (κ3) is 1.96. The molecule has 0 radical (unpaired) electrons. The summed E-state index contributed by atoms with van der Waals surface area (Å²) in [6, 6.07) is -0.341. The molecule has 1 atom stereocenters. The Bertz CT molecular complexity index is 200. The molecule has 0 aromatic rings. The maximum Gasteiger partial charge on any atom is 0.407 e. The molecule has 1 rings (SSSR count). The van der Waals surface area contributed by atoms with Gasteiger partial charge in [-0.2, -0.15) is 0 Å². The van der Waals surface area contributed by atoms with Crippen LogP contribution in [0.15, 0.2) is 0 Å². The second-order valence-electron chi connectivity index (χ2n) is 3.18. The summed E-state index contributed by atoms with van der Waals surface area (Å²) in [7, 11) is 0. The van der Waals surface area contributed by atoms with Crippen LogP contribution in [0.1, 0.15) is 20.3 Å². The van der Waals surface area contributed by atoms with Crippen LogP contribution in [-0.2, 0) is 9.53 Å². The number of amides is 1. The number of nitrogens with one attached hydrogen (secondary N) is 1. The number of carbonyl (C=O) groups is 2. The molecule has 1 N–H and O–H groups in total. The van der Waals surface area contributed by atoms with Gasteiger partial charge in [0, 0.05) is 12.3 Å². The fourth-order valence-electron chi connectivity index (χ4n) is 1.14. The first-order chi connectivity index (χ1) is 5.61. The second-order valence-corrected chi connectivity index (χ2v) is 3.18. The average molecular weight is 171 g/mol. The highest BCUT2D eigenvalue weighted by molar-refractivity contribution is 5.89. The molecular formula is C8H13NO3. The van der Waals surface area contributed by atoms with Gasteiger partial charge in [0.15, 0.2) is 5.78 Å². The van der Waals surface area contributed by atoms with E-state index >= 15 is 0 Å². The third-order valence-corrected chi connectivity index (χ3v) is 1.84. The molecular weight excluding hydrogens is 158 g/mol. The molecule has 0 bridgehead atoms. The van der Waals surface area contributed by atoms with Crippen molar-refractivity contribution in [3.63, 3.8) is 0 Å². The zero-order chi connectivity index (χ0) is 9.14.